The standard InChI is InChI=1S/C19H20N4O/c1-11-5-12(2)18-16(6-11)19(13(8-20)9-21-18)22-14-7-17(24)23(10-14)15-3-4-15/h5-6,9,14-15H,3-4,7,10H2,1-2H3,(H,21,22). The van der Waals surface area contributed by atoms with Crippen molar-refractivity contribution >= 4 is 22.5 Å². The van der Waals surface area contributed by atoms with Crippen molar-refractivity contribution in [3.8, 4) is 6.07 Å². The smallest absolute Gasteiger partial charge is 0.225 e. The van der Waals surface area contributed by atoms with E-state index in [4.69, 9.17) is 0 Å². The summed E-state index contributed by atoms with van der Waals surface area (Å²) in [5, 5.41) is 13.9. The highest BCUT2D eigenvalue weighted by molar-refractivity contribution is 5.96. The number of benzene rings is 1. The van der Waals surface area contributed by atoms with Gasteiger partial charge in [-0.25, -0.2) is 0 Å². The zero-order valence-electron chi connectivity index (χ0n) is 14.0. The first-order chi connectivity index (χ1) is 11.6. The molecule has 1 saturated heterocycles. The van der Waals surface area contributed by atoms with E-state index in [1.165, 1.54) is 0 Å². The molecule has 0 bridgehead atoms. The Kier molecular flexibility index (Phi) is 3.42. The molecule has 2 aliphatic rings. The van der Waals surface area contributed by atoms with E-state index in [0.29, 0.717) is 18.0 Å². The minimum atomic E-state index is 0.0524. The summed E-state index contributed by atoms with van der Waals surface area (Å²) in [5.41, 5.74) is 4.49. The summed E-state index contributed by atoms with van der Waals surface area (Å²) < 4.78 is 0. The number of aryl methyl sites for hydroxylation is 2. The fourth-order valence-corrected chi connectivity index (χ4v) is 3.67. The highest BCUT2D eigenvalue weighted by Gasteiger charge is 2.39. The number of carbonyl (C=O) groups is 1. The van der Waals surface area contributed by atoms with Gasteiger partial charge in [-0.15, -0.1) is 0 Å². The van der Waals surface area contributed by atoms with E-state index in [1.54, 1.807) is 6.20 Å². The molecule has 2 heterocycles. The number of anilines is 1. The molecular weight excluding hydrogens is 300 g/mol. The highest BCUT2D eigenvalue weighted by Crippen LogP contribution is 2.34. The molecule has 2 aromatic rings. The molecule has 0 spiro atoms. The number of rotatable bonds is 3. The number of likely N-dealkylation sites (tertiary alicyclic amines) is 1. The Morgan fingerprint density at radius 2 is 2.12 bits per heavy atom. The number of aromatic nitrogens is 1. The van der Waals surface area contributed by atoms with Crippen molar-refractivity contribution < 1.29 is 4.79 Å². The summed E-state index contributed by atoms with van der Waals surface area (Å²) in [5.74, 6) is 0.222. The van der Waals surface area contributed by atoms with E-state index in [1.807, 2.05) is 18.7 Å². The first kappa shape index (κ1) is 14.9. The first-order valence-corrected chi connectivity index (χ1v) is 8.43. The van der Waals surface area contributed by atoms with Crippen LogP contribution in [0.4, 0.5) is 5.69 Å². The number of nitrogens with one attached hydrogen (secondary N) is 1. The molecule has 1 N–H and O–H groups in total. The zero-order valence-corrected chi connectivity index (χ0v) is 14.0. The van der Waals surface area contributed by atoms with Crippen molar-refractivity contribution in [2.75, 3.05) is 11.9 Å². The van der Waals surface area contributed by atoms with Gasteiger partial charge in [0.1, 0.15) is 6.07 Å². The van der Waals surface area contributed by atoms with Gasteiger partial charge in [0.25, 0.3) is 0 Å². The summed E-state index contributed by atoms with van der Waals surface area (Å²) in [6, 6.07) is 6.89. The molecule has 4 rings (SSSR count). The van der Waals surface area contributed by atoms with E-state index in [-0.39, 0.29) is 11.9 Å². The van der Waals surface area contributed by atoms with Crippen LogP contribution >= 0.6 is 0 Å². The van der Waals surface area contributed by atoms with Crippen molar-refractivity contribution in [1.29, 1.82) is 5.26 Å². The van der Waals surface area contributed by atoms with E-state index in [0.717, 1.165) is 47.1 Å². The zero-order chi connectivity index (χ0) is 16.8. The number of pyridine rings is 1. The summed E-state index contributed by atoms with van der Waals surface area (Å²) in [7, 11) is 0. The molecule has 2 fully saturated rings. The minimum Gasteiger partial charge on any atom is -0.378 e. The fourth-order valence-electron chi connectivity index (χ4n) is 3.67. The summed E-state index contributed by atoms with van der Waals surface area (Å²) in [6.07, 6.45) is 4.37. The number of hydrogen-bond donors (Lipinski definition) is 1. The molecule has 1 aromatic heterocycles. The quantitative estimate of drug-likeness (QED) is 0.944. The van der Waals surface area contributed by atoms with Gasteiger partial charge >= 0.3 is 0 Å². The Labute approximate surface area is 141 Å². The second-order valence-electron chi connectivity index (χ2n) is 6.96. The van der Waals surface area contributed by atoms with Crippen LogP contribution in [0.1, 0.15) is 36.0 Å². The largest absolute Gasteiger partial charge is 0.378 e. The highest BCUT2D eigenvalue weighted by atomic mass is 16.2. The van der Waals surface area contributed by atoms with E-state index < -0.39 is 0 Å². The second-order valence-corrected chi connectivity index (χ2v) is 6.96. The molecule has 5 heteroatoms. The van der Waals surface area contributed by atoms with E-state index in [9.17, 15) is 10.1 Å². The third-order valence-corrected chi connectivity index (χ3v) is 4.92. The lowest BCUT2D eigenvalue weighted by Crippen LogP contribution is -2.30. The first-order valence-electron chi connectivity index (χ1n) is 8.43. The molecule has 1 aliphatic carbocycles. The topological polar surface area (TPSA) is 69.0 Å². The van der Waals surface area contributed by atoms with Gasteiger partial charge in [-0.1, -0.05) is 11.6 Å². The Morgan fingerprint density at radius 1 is 1.33 bits per heavy atom. The van der Waals surface area contributed by atoms with Crippen LogP contribution in [0.5, 0.6) is 0 Å². The van der Waals surface area contributed by atoms with Crippen molar-refractivity contribution in [2.45, 2.75) is 45.2 Å². The van der Waals surface area contributed by atoms with Crippen LogP contribution in [0.3, 0.4) is 0 Å². The normalized spacial score (nSPS) is 20.5. The number of hydrogen-bond acceptors (Lipinski definition) is 4. The number of nitriles is 1. The number of fused-ring (bicyclic) bond motifs is 1. The molecule has 1 aliphatic heterocycles. The van der Waals surface area contributed by atoms with Crippen LogP contribution in [-0.4, -0.2) is 34.4 Å². The average molecular weight is 320 g/mol. The van der Waals surface area contributed by atoms with Gasteiger partial charge in [-0.2, -0.15) is 5.26 Å². The predicted molar refractivity (Wildman–Crippen MR) is 92.7 cm³/mol. The van der Waals surface area contributed by atoms with Gasteiger partial charge < -0.3 is 10.2 Å². The van der Waals surface area contributed by atoms with Crippen molar-refractivity contribution in [3.05, 3.63) is 35.0 Å². The average Bonchev–Trinajstić information content (AvgIpc) is 3.31. The Morgan fingerprint density at radius 3 is 2.83 bits per heavy atom. The minimum absolute atomic E-state index is 0.0524. The maximum atomic E-state index is 12.2. The van der Waals surface area contributed by atoms with Gasteiger partial charge in [0, 0.05) is 30.6 Å². The maximum Gasteiger partial charge on any atom is 0.225 e. The molecule has 1 aromatic carbocycles. The molecular formula is C19H20N4O. The van der Waals surface area contributed by atoms with Crippen LogP contribution < -0.4 is 5.32 Å². The lowest BCUT2D eigenvalue weighted by molar-refractivity contribution is -0.128. The van der Waals surface area contributed by atoms with Crippen molar-refractivity contribution in [2.24, 2.45) is 0 Å². The molecule has 5 nitrogen and oxygen atoms in total. The van der Waals surface area contributed by atoms with Crippen LogP contribution in [-0.2, 0) is 4.79 Å². The summed E-state index contributed by atoms with van der Waals surface area (Å²) >= 11 is 0. The monoisotopic (exact) mass is 320 g/mol. The number of amides is 1. The summed E-state index contributed by atoms with van der Waals surface area (Å²) in [4.78, 5) is 18.6. The van der Waals surface area contributed by atoms with E-state index in [2.05, 4.69) is 28.5 Å². The lowest BCUT2D eigenvalue weighted by atomic mass is 10.0. The molecule has 1 amide bonds. The Bertz CT molecular complexity index is 879. The number of nitrogens with zero attached hydrogens (tertiary/aromatic N) is 3. The Hall–Kier alpha value is -2.61. The van der Waals surface area contributed by atoms with Gasteiger partial charge in [-0.3, -0.25) is 9.78 Å². The molecule has 122 valence electrons. The van der Waals surface area contributed by atoms with Crippen LogP contribution in [0.2, 0.25) is 0 Å². The van der Waals surface area contributed by atoms with Gasteiger partial charge in [0.05, 0.1) is 22.8 Å². The van der Waals surface area contributed by atoms with Crippen molar-refractivity contribution in [3.63, 3.8) is 0 Å². The Balaban J connectivity index is 1.73. The molecule has 1 saturated carbocycles. The molecule has 1 atom stereocenters. The molecule has 1 unspecified atom stereocenters. The number of carbonyl (C=O) groups excluding carboxylic acids is 1. The summed E-state index contributed by atoms with van der Waals surface area (Å²) in [6.45, 7) is 4.80. The third kappa shape index (κ3) is 2.48. The van der Waals surface area contributed by atoms with Gasteiger partial charge in [-0.05, 0) is 38.3 Å². The van der Waals surface area contributed by atoms with Gasteiger partial charge in [0.2, 0.25) is 5.91 Å². The maximum absolute atomic E-state index is 12.2. The second kappa shape index (κ2) is 5.48. The predicted octanol–water partition coefficient (Wildman–Crippen LogP) is 2.90. The van der Waals surface area contributed by atoms with Gasteiger partial charge in [0.15, 0.2) is 0 Å². The lowest BCUT2D eigenvalue weighted by Gasteiger charge is -2.19. The fraction of sp³-hybridized carbons (Fsp3) is 0.421. The van der Waals surface area contributed by atoms with Crippen LogP contribution in [0.25, 0.3) is 10.9 Å². The van der Waals surface area contributed by atoms with Crippen LogP contribution in [0, 0.1) is 25.2 Å². The molecule has 0 radical (unpaired) electrons. The molecule has 24 heavy (non-hydrogen) atoms. The van der Waals surface area contributed by atoms with E-state index >= 15 is 0 Å². The SMILES string of the molecule is Cc1cc(C)c2ncc(C#N)c(NC3CC(=O)N(C4CC4)C3)c2c1. The van der Waals surface area contributed by atoms with Crippen molar-refractivity contribution in [1.82, 2.24) is 9.88 Å². The van der Waals surface area contributed by atoms with Crippen LogP contribution in [0.15, 0.2) is 18.3 Å². The third-order valence-electron chi connectivity index (χ3n) is 4.92.